The highest BCUT2D eigenvalue weighted by Gasteiger charge is 2.42. The van der Waals surface area contributed by atoms with Crippen molar-refractivity contribution in [3.63, 3.8) is 0 Å². The number of likely N-dealkylation sites (tertiary alicyclic amines) is 1. The lowest BCUT2D eigenvalue weighted by molar-refractivity contribution is 0.194. The number of anilines is 2. The average molecular weight is 371 g/mol. The van der Waals surface area contributed by atoms with Crippen molar-refractivity contribution in [2.75, 3.05) is 31.1 Å². The summed E-state index contributed by atoms with van der Waals surface area (Å²) in [7, 11) is 0. The molecule has 0 saturated carbocycles. The highest BCUT2D eigenvalue weighted by molar-refractivity contribution is 5.73. The fraction of sp³-hybridized carbons (Fsp3) is 0.429. The van der Waals surface area contributed by atoms with Gasteiger partial charge < -0.3 is 9.80 Å². The van der Waals surface area contributed by atoms with Crippen LogP contribution in [-0.2, 0) is 0 Å². The summed E-state index contributed by atoms with van der Waals surface area (Å²) >= 11 is 0. The van der Waals surface area contributed by atoms with E-state index in [1.54, 1.807) is 18.2 Å². The average Bonchev–Trinajstić information content (AvgIpc) is 2.99. The molecular weight excluding hydrogens is 348 g/mol. The van der Waals surface area contributed by atoms with Crippen LogP contribution in [0.25, 0.3) is 0 Å². The summed E-state index contributed by atoms with van der Waals surface area (Å²) < 4.78 is 27.3. The quantitative estimate of drug-likeness (QED) is 0.539. The Bertz CT molecular complexity index is 812. The predicted octanol–water partition coefficient (Wildman–Crippen LogP) is 4.82. The molecular formula is C21H23F2N3O. The van der Waals surface area contributed by atoms with E-state index in [0.29, 0.717) is 6.54 Å². The van der Waals surface area contributed by atoms with Gasteiger partial charge in [-0.25, -0.2) is 8.78 Å². The van der Waals surface area contributed by atoms with Crippen molar-refractivity contribution in [1.29, 1.82) is 0 Å². The number of piperidine rings is 1. The maximum absolute atomic E-state index is 14.0. The summed E-state index contributed by atoms with van der Waals surface area (Å²) in [5.74, 6) is -0.255. The molecule has 2 atom stereocenters. The zero-order valence-electron chi connectivity index (χ0n) is 15.2. The molecule has 2 heterocycles. The van der Waals surface area contributed by atoms with E-state index < -0.39 is 0 Å². The van der Waals surface area contributed by atoms with Crippen molar-refractivity contribution in [2.24, 2.45) is 5.18 Å². The minimum Gasteiger partial charge on any atom is -0.337 e. The molecule has 2 aromatic carbocycles. The van der Waals surface area contributed by atoms with Gasteiger partial charge in [0.1, 0.15) is 11.6 Å². The molecule has 0 amide bonds. The molecule has 0 bridgehead atoms. The first-order valence-corrected chi connectivity index (χ1v) is 9.53. The van der Waals surface area contributed by atoms with Crippen molar-refractivity contribution in [1.82, 2.24) is 4.90 Å². The van der Waals surface area contributed by atoms with Crippen LogP contribution in [0.3, 0.4) is 0 Å². The van der Waals surface area contributed by atoms with E-state index in [2.05, 4.69) is 15.0 Å². The third-order valence-electron chi connectivity index (χ3n) is 5.72. The lowest BCUT2D eigenvalue weighted by Gasteiger charge is -2.39. The molecule has 2 aliphatic rings. The van der Waals surface area contributed by atoms with Crippen molar-refractivity contribution in [3.8, 4) is 0 Å². The molecule has 4 nitrogen and oxygen atoms in total. The van der Waals surface area contributed by atoms with Crippen LogP contribution in [-0.4, -0.2) is 37.1 Å². The first-order chi connectivity index (χ1) is 13.2. The number of hydrogen-bond acceptors (Lipinski definition) is 4. The number of hydrogen-bond donors (Lipinski definition) is 0. The molecule has 0 aromatic heterocycles. The summed E-state index contributed by atoms with van der Waals surface area (Å²) in [6.07, 6.45) is 2.71. The number of halogens is 2. The molecule has 0 aliphatic carbocycles. The fourth-order valence-electron chi connectivity index (χ4n) is 4.49. The van der Waals surface area contributed by atoms with Crippen LogP contribution < -0.4 is 4.90 Å². The Balaban J connectivity index is 1.59. The molecule has 0 spiro atoms. The molecule has 142 valence electrons. The summed E-state index contributed by atoms with van der Waals surface area (Å²) in [5.41, 5.74) is 3.00. The predicted molar refractivity (Wildman–Crippen MR) is 102 cm³/mol. The van der Waals surface area contributed by atoms with Crippen LogP contribution in [0.4, 0.5) is 20.2 Å². The second-order valence-electron chi connectivity index (χ2n) is 7.37. The Morgan fingerprint density at radius 1 is 1.04 bits per heavy atom. The Morgan fingerprint density at radius 3 is 2.59 bits per heavy atom. The second kappa shape index (κ2) is 7.72. The second-order valence-corrected chi connectivity index (χ2v) is 7.37. The van der Waals surface area contributed by atoms with Gasteiger partial charge in [-0.3, -0.25) is 0 Å². The zero-order chi connectivity index (χ0) is 18.8. The number of fused-ring (bicyclic) bond motifs is 3. The van der Waals surface area contributed by atoms with E-state index in [9.17, 15) is 13.7 Å². The minimum absolute atomic E-state index is 0.220. The van der Waals surface area contributed by atoms with E-state index in [1.807, 2.05) is 6.07 Å². The Morgan fingerprint density at radius 2 is 1.81 bits per heavy atom. The number of nitroso groups, excluding NO2 is 1. The minimum atomic E-state index is -0.256. The first-order valence-electron chi connectivity index (χ1n) is 9.53. The highest BCUT2D eigenvalue weighted by atomic mass is 19.1. The van der Waals surface area contributed by atoms with Crippen molar-refractivity contribution in [3.05, 3.63) is 64.6 Å². The lowest BCUT2D eigenvalue weighted by Crippen LogP contribution is -2.45. The Labute approximate surface area is 157 Å². The van der Waals surface area contributed by atoms with E-state index in [1.165, 1.54) is 18.2 Å². The third kappa shape index (κ3) is 3.58. The molecule has 4 rings (SSSR count). The van der Waals surface area contributed by atoms with E-state index in [-0.39, 0.29) is 23.6 Å². The molecule has 1 fully saturated rings. The third-order valence-corrected chi connectivity index (χ3v) is 5.72. The molecule has 0 radical (unpaired) electrons. The molecule has 0 N–H and O–H groups in total. The smallest absolute Gasteiger partial charge is 0.123 e. The SMILES string of the molecule is O=NCCCCN1CC[C@@H]2[C@@H](C1)c1cc(F)ccc1N2c1ccc(F)cc1. The summed E-state index contributed by atoms with van der Waals surface area (Å²) in [6.45, 7) is 3.13. The number of benzene rings is 2. The van der Waals surface area contributed by atoms with Gasteiger partial charge in [0.15, 0.2) is 0 Å². The van der Waals surface area contributed by atoms with E-state index in [0.717, 1.165) is 55.8 Å². The standard InChI is InChI=1S/C21H23F2N3O/c22-15-3-6-17(7-4-15)26-20-8-5-16(23)13-18(20)19-14-25(12-9-21(19)26)11-2-1-10-24-27/h3-8,13,19,21H,1-2,9-12,14H2/t19-,21+/m0/s1. The van der Waals surface area contributed by atoms with Gasteiger partial charge >= 0.3 is 0 Å². The molecule has 6 heteroatoms. The number of unbranched alkanes of at least 4 members (excludes halogenated alkanes) is 1. The van der Waals surface area contributed by atoms with Crippen LogP contribution in [0.2, 0.25) is 0 Å². The molecule has 0 unspecified atom stereocenters. The van der Waals surface area contributed by atoms with Gasteiger partial charge in [0.25, 0.3) is 0 Å². The fourth-order valence-corrected chi connectivity index (χ4v) is 4.49. The van der Waals surface area contributed by atoms with Gasteiger partial charge in [0.05, 0.1) is 6.54 Å². The largest absolute Gasteiger partial charge is 0.337 e. The summed E-state index contributed by atoms with van der Waals surface area (Å²) in [4.78, 5) is 14.9. The van der Waals surface area contributed by atoms with Crippen LogP contribution >= 0.6 is 0 Å². The van der Waals surface area contributed by atoms with Crippen molar-refractivity contribution >= 4 is 11.4 Å². The van der Waals surface area contributed by atoms with Crippen LogP contribution in [0, 0.1) is 16.5 Å². The maximum atomic E-state index is 14.0. The van der Waals surface area contributed by atoms with Crippen molar-refractivity contribution < 1.29 is 8.78 Å². The number of rotatable bonds is 6. The summed E-state index contributed by atoms with van der Waals surface area (Å²) in [6, 6.07) is 11.8. The zero-order valence-corrected chi connectivity index (χ0v) is 15.2. The molecule has 2 aromatic rings. The maximum Gasteiger partial charge on any atom is 0.123 e. The van der Waals surface area contributed by atoms with E-state index in [4.69, 9.17) is 0 Å². The normalized spacial score (nSPS) is 21.8. The molecule has 1 saturated heterocycles. The van der Waals surface area contributed by atoms with Gasteiger partial charge in [-0.1, -0.05) is 5.18 Å². The lowest BCUT2D eigenvalue weighted by atomic mass is 9.89. The highest BCUT2D eigenvalue weighted by Crippen LogP contribution is 2.48. The van der Waals surface area contributed by atoms with E-state index >= 15 is 0 Å². The topological polar surface area (TPSA) is 35.9 Å². The van der Waals surface area contributed by atoms with Gasteiger partial charge in [-0.05, 0) is 73.8 Å². The van der Waals surface area contributed by atoms with Gasteiger partial charge in [0.2, 0.25) is 0 Å². The van der Waals surface area contributed by atoms with Crippen LogP contribution in [0.1, 0.15) is 30.7 Å². The first kappa shape index (κ1) is 18.0. The van der Waals surface area contributed by atoms with Gasteiger partial charge in [-0.15, -0.1) is 0 Å². The molecule has 27 heavy (non-hydrogen) atoms. The Kier molecular flexibility index (Phi) is 5.16. The van der Waals surface area contributed by atoms with Gasteiger partial charge in [0, 0.05) is 36.4 Å². The monoisotopic (exact) mass is 371 g/mol. The number of nitrogens with zero attached hydrogens (tertiary/aromatic N) is 3. The summed E-state index contributed by atoms with van der Waals surface area (Å²) in [5, 5.41) is 2.92. The molecule has 2 aliphatic heterocycles. The van der Waals surface area contributed by atoms with Crippen LogP contribution in [0.5, 0.6) is 0 Å². The van der Waals surface area contributed by atoms with Gasteiger partial charge in [-0.2, -0.15) is 4.91 Å². The Hall–Kier alpha value is -2.34. The van der Waals surface area contributed by atoms with Crippen molar-refractivity contribution in [2.45, 2.75) is 31.2 Å². The van der Waals surface area contributed by atoms with Crippen LogP contribution in [0.15, 0.2) is 47.6 Å².